The van der Waals surface area contributed by atoms with Crippen molar-refractivity contribution in [2.75, 3.05) is 0 Å². The molecule has 0 bridgehead atoms. The molecule has 0 fully saturated rings. The molecule has 4 aromatic carbocycles. The van der Waals surface area contributed by atoms with Crippen molar-refractivity contribution in [3.8, 4) is 11.1 Å². The van der Waals surface area contributed by atoms with Crippen LogP contribution < -0.4 is 0 Å². The van der Waals surface area contributed by atoms with Gasteiger partial charge in [0.2, 0.25) is 0 Å². The van der Waals surface area contributed by atoms with E-state index in [0.717, 1.165) is 10.7 Å². The van der Waals surface area contributed by atoms with Crippen LogP contribution in [0.5, 0.6) is 0 Å². The maximum absolute atomic E-state index is 6.48. The number of rotatable bonds is 2. The Morgan fingerprint density at radius 3 is 2.07 bits per heavy atom. The highest BCUT2D eigenvalue weighted by molar-refractivity contribution is 6.31. The fourth-order valence-electron chi connectivity index (χ4n) is 4.99. The molecule has 6 rings (SSSR count). The summed E-state index contributed by atoms with van der Waals surface area (Å²) in [6, 6.07) is 36.3. The molecule has 1 aliphatic rings. The second-order valence-corrected chi connectivity index (χ2v) is 8.20. The Hall–Kier alpha value is -3.42. The lowest BCUT2D eigenvalue weighted by atomic mass is 9.69. The topological polar surface area (TPSA) is 12.9 Å². The highest BCUT2D eigenvalue weighted by Gasteiger charge is 2.47. The number of aromatic nitrogens is 1. The first-order valence-corrected chi connectivity index (χ1v) is 10.5. The Balaban J connectivity index is 1.84. The van der Waals surface area contributed by atoms with Crippen LogP contribution in [0.3, 0.4) is 0 Å². The number of halogens is 1. The van der Waals surface area contributed by atoms with E-state index in [1.165, 1.54) is 38.6 Å². The van der Waals surface area contributed by atoms with Gasteiger partial charge in [0.05, 0.1) is 11.1 Å². The highest BCUT2D eigenvalue weighted by Crippen LogP contribution is 2.56. The maximum atomic E-state index is 6.48. The molecule has 1 aromatic heterocycles. The highest BCUT2D eigenvalue weighted by atomic mass is 35.5. The van der Waals surface area contributed by atoms with E-state index in [-0.39, 0.29) is 0 Å². The summed E-state index contributed by atoms with van der Waals surface area (Å²) in [5.74, 6) is 0. The first-order valence-electron chi connectivity index (χ1n) is 10.1. The maximum Gasteiger partial charge on any atom is 0.0886 e. The summed E-state index contributed by atoms with van der Waals surface area (Å²) in [6.45, 7) is 0. The molecule has 1 heterocycles. The van der Waals surface area contributed by atoms with Crippen LogP contribution in [-0.4, -0.2) is 4.98 Å². The molecule has 0 amide bonds. The summed E-state index contributed by atoms with van der Waals surface area (Å²) in [6.07, 6.45) is 1.88. The zero-order valence-corrected chi connectivity index (χ0v) is 17.0. The van der Waals surface area contributed by atoms with E-state index in [2.05, 4.69) is 91.0 Å². The van der Waals surface area contributed by atoms with Gasteiger partial charge in [-0.1, -0.05) is 78.3 Å². The summed E-state index contributed by atoms with van der Waals surface area (Å²) in [5.41, 5.74) is 6.63. The summed E-state index contributed by atoms with van der Waals surface area (Å²) >= 11 is 6.48. The largest absolute Gasteiger partial charge is 0.260 e. The summed E-state index contributed by atoms with van der Waals surface area (Å²) in [4.78, 5) is 4.88. The van der Waals surface area contributed by atoms with E-state index >= 15 is 0 Å². The molecule has 0 saturated carbocycles. The third-order valence-electron chi connectivity index (χ3n) is 6.22. The van der Waals surface area contributed by atoms with Crippen molar-refractivity contribution in [1.29, 1.82) is 0 Å². The van der Waals surface area contributed by atoms with Crippen LogP contribution in [0, 0.1) is 0 Å². The molecular weight excluding hydrogens is 386 g/mol. The second-order valence-electron chi connectivity index (χ2n) is 7.77. The van der Waals surface area contributed by atoms with E-state index < -0.39 is 5.41 Å². The molecule has 5 aromatic rings. The van der Waals surface area contributed by atoms with E-state index in [4.69, 9.17) is 16.6 Å². The Kier molecular flexibility index (Phi) is 3.81. The SMILES string of the molecule is Clc1ccc2c(c1)-c1cc3ccccc3cc1C2(c1ccccc1)c1ccccn1. The lowest BCUT2D eigenvalue weighted by molar-refractivity contribution is 0.735. The van der Waals surface area contributed by atoms with Crippen molar-refractivity contribution in [3.63, 3.8) is 0 Å². The first kappa shape index (κ1) is 17.4. The molecule has 1 nitrogen and oxygen atoms in total. The van der Waals surface area contributed by atoms with Gasteiger partial charge < -0.3 is 0 Å². The van der Waals surface area contributed by atoms with Crippen LogP contribution in [0.1, 0.15) is 22.4 Å². The lowest BCUT2D eigenvalue weighted by Crippen LogP contribution is -2.29. The molecule has 1 unspecified atom stereocenters. The van der Waals surface area contributed by atoms with Crippen molar-refractivity contribution in [3.05, 3.63) is 137 Å². The zero-order valence-electron chi connectivity index (χ0n) is 16.2. The van der Waals surface area contributed by atoms with E-state index in [9.17, 15) is 0 Å². The molecule has 30 heavy (non-hydrogen) atoms. The van der Waals surface area contributed by atoms with Gasteiger partial charge in [0.25, 0.3) is 0 Å². The van der Waals surface area contributed by atoms with Crippen molar-refractivity contribution < 1.29 is 0 Å². The van der Waals surface area contributed by atoms with Gasteiger partial charge in [0, 0.05) is 11.2 Å². The van der Waals surface area contributed by atoms with Crippen molar-refractivity contribution in [2.45, 2.75) is 5.41 Å². The van der Waals surface area contributed by atoms with Gasteiger partial charge >= 0.3 is 0 Å². The van der Waals surface area contributed by atoms with Gasteiger partial charge in [-0.15, -0.1) is 0 Å². The Morgan fingerprint density at radius 2 is 1.30 bits per heavy atom. The molecule has 0 N–H and O–H groups in total. The van der Waals surface area contributed by atoms with Gasteiger partial charge in [-0.05, 0) is 75.0 Å². The Morgan fingerprint density at radius 1 is 0.600 bits per heavy atom. The minimum absolute atomic E-state index is 0.484. The van der Waals surface area contributed by atoms with E-state index in [1.54, 1.807) is 0 Å². The smallest absolute Gasteiger partial charge is 0.0886 e. The third-order valence-corrected chi connectivity index (χ3v) is 6.46. The predicted octanol–water partition coefficient (Wildman–Crippen LogP) is 7.25. The normalized spacial score (nSPS) is 17.0. The zero-order chi connectivity index (χ0) is 20.1. The number of hydrogen-bond donors (Lipinski definition) is 0. The Bertz CT molecular complexity index is 1350. The molecule has 0 spiro atoms. The standard InChI is InChI=1S/C28H18ClN/c29-22-13-14-25-24(18-22)23-16-19-8-4-5-9-20(19)17-26(23)28(25,21-10-2-1-3-11-21)27-12-6-7-15-30-27/h1-18H. The average molecular weight is 404 g/mol. The molecule has 0 radical (unpaired) electrons. The molecule has 142 valence electrons. The van der Waals surface area contributed by atoms with Gasteiger partial charge in [-0.3, -0.25) is 4.98 Å². The second kappa shape index (κ2) is 6.55. The van der Waals surface area contributed by atoms with Crippen LogP contribution in [0.2, 0.25) is 5.02 Å². The van der Waals surface area contributed by atoms with E-state index in [1.807, 2.05) is 18.3 Å². The molecule has 1 atom stereocenters. The number of benzene rings is 4. The molecule has 0 aliphatic heterocycles. The van der Waals surface area contributed by atoms with Crippen LogP contribution in [0.15, 0.2) is 109 Å². The quantitative estimate of drug-likeness (QED) is 0.296. The lowest BCUT2D eigenvalue weighted by Gasteiger charge is -2.32. The van der Waals surface area contributed by atoms with E-state index in [0.29, 0.717) is 0 Å². The molecule has 2 heteroatoms. The number of nitrogens with zero attached hydrogens (tertiary/aromatic N) is 1. The van der Waals surface area contributed by atoms with Crippen LogP contribution in [0.4, 0.5) is 0 Å². The Labute approximate surface area is 180 Å². The van der Waals surface area contributed by atoms with Crippen molar-refractivity contribution in [2.24, 2.45) is 0 Å². The number of fused-ring (bicyclic) bond motifs is 4. The first-order chi connectivity index (χ1) is 14.8. The van der Waals surface area contributed by atoms with Gasteiger partial charge in [0.15, 0.2) is 0 Å². The summed E-state index contributed by atoms with van der Waals surface area (Å²) < 4.78 is 0. The predicted molar refractivity (Wildman–Crippen MR) is 124 cm³/mol. The fraction of sp³-hybridized carbons (Fsp3) is 0.0357. The summed E-state index contributed by atoms with van der Waals surface area (Å²) in [7, 11) is 0. The van der Waals surface area contributed by atoms with Gasteiger partial charge in [-0.25, -0.2) is 0 Å². The van der Waals surface area contributed by atoms with Crippen LogP contribution in [-0.2, 0) is 5.41 Å². The summed E-state index contributed by atoms with van der Waals surface area (Å²) in [5, 5.41) is 3.20. The van der Waals surface area contributed by atoms with Gasteiger partial charge in [0.1, 0.15) is 0 Å². The molecule has 1 aliphatic carbocycles. The minimum Gasteiger partial charge on any atom is -0.260 e. The van der Waals surface area contributed by atoms with Crippen molar-refractivity contribution in [1.82, 2.24) is 4.98 Å². The monoisotopic (exact) mass is 403 g/mol. The fourth-order valence-corrected chi connectivity index (χ4v) is 5.16. The number of hydrogen-bond acceptors (Lipinski definition) is 1. The molecular formula is C28H18ClN. The third kappa shape index (κ3) is 2.33. The van der Waals surface area contributed by atoms with Crippen molar-refractivity contribution >= 4 is 22.4 Å². The van der Waals surface area contributed by atoms with Crippen LogP contribution in [0.25, 0.3) is 21.9 Å². The minimum atomic E-state index is -0.484. The van der Waals surface area contributed by atoms with Crippen LogP contribution >= 0.6 is 11.6 Å². The molecule has 0 saturated heterocycles. The van der Waals surface area contributed by atoms with Gasteiger partial charge in [-0.2, -0.15) is 0 Å². The number of pyridine rings is 1. The average Bonchev–Trinajstić information content (AvgIpc) is 3.08.